The second kappa shape index (κ2) is 10.5. The molecule has 0 aliphatic carbocycles. The highest BCUT2D eigenvalue weighted by atomic mass is 35.5. The molecule has 1 aromatic carbocycles. The lowest BCUT2D eigenvalue weighted by atomic mass is 10.0. The number of halogens is 2. The van der Waals surface area contributed by atoms with Crippen LogP contribution in [0.5, 0.6) is 0 Å². The van der Waals surface area contributed by atoms with Crippen LogP contribution in [-0.4, -0.2) is 59.4 Å². The normalized spacial score (nSPS) is 22.9. The smallest absolute Gasteiger partial charge is 0.244 e. The van der Waals surface area contributed by atoms with Crippen LogP contribution >= 0.6 is 36.6 Å². The molecule has 0 saturated carbocycles. The predicted octanol–water partition coefficient (Wildman–Crippen LogP) is 2.57. The van der Waals surface area contributed by atoms with Crippen molar-refractivity contribution in [1.82, 2.24) is 9.80 Å². The van der Waals surface area contributed by atoms with Gasteiger partial charge in [0.15, 0.2) is 0 Å². The highest BCUT2D eigenvalue weighted by molar-refractivity contribution is 7.99. The van der Waals surface area contributed by atoms with Gasteiger partial charge in [-0.1, -0.05) is 30.3 Å². The first-order valence-electron chi connectivity index (χ1n) is 8.17. The van der Waals surface area contributed by atoms with Crippen molar-refractivity contribution in [2.75, 3.05) is 37.7 Å². The average molecular weight is 392 g/mol. The van der Waals surface area contributed by atoms with E-state index in [1.165, 1.54) is 0 Å². The predicted molar refractivity (Wildman–Crippen MR) is 106 cm³/mol. The monoisotopic (exact) mass is 391 g/mol. The summed E-state index contributed by atoms with van der Waals surface area (Å²) >= 11 is 1.97. The average Bonchev–Trinajstić information content (AvgIpc) is 2.57. The summed E-state index contributed by atoms with van der Waals surface area (Å²) in [4.78, 5) is 17.5. The number of hydrogen-bond acceptors (Lipinski definition) is 4. The fourth-order valence-corrected chi connectivity index (χ4v) is 4.30. The second-order valence-electron chi connectivity index (χ2n) is 6.15. The number of carbonyl (C=O) groups excluding carboxylic acids is 1. The largest absolute Gasteiger partial charge is 0.339 e. The molecule has 2 unspecified atom stereocenters. The minimum Gasteiger partial charge on any atom is -0.339 e. The van der Waals surface area contributed by atoms with Gasteiger partial charge in [0.1, 0.15) is 6.04 Å². The number of hydrogen-bond donors (Lipinski definition) is 1. The third-order valence-corrected chi connectivity index (χ3v) is 5.47. The van der Waals surface area contributed by atoms with E-state index in [4.69, 9.17) is 5.73 Å². The molecule has 2 N–H and O–H groups in total. The summed E-state index contributed by atoms with van der Waals surface area (Å²) in [6.07, 6.45) is 2.05. The Hall–Kier alpha value is -0.460. The van der Waals surface area contributed by atoms with Crippen molar-refractivity contribution in [2.45, 2.75) is 24.9 Å². The Balaban J connectivity index is 0.00000144. The Bertz CT molecular complexity index is 500. The molecular weight excluding hydrogens is 365 g/mol. The van der Waals surface area contributed by atoms with Gasteiger partial charge in [0.05, 0.1) is 0 Å². The second-order valence-corrected chi connectivity index (χ2v) is 7.37. The summed E-state index contributed by atoms with van der Waals surface area (Å²) in [7, 11) is 0. The van der Waals surface area contributed by atoms with Crippen molar-refractivity contribution < 1.29 is 4.79 Å². The summed E-state index contributed by atoms with van der Waals surface area (Å²) in [5.74, 6) is 2.44. The Morgan fingerprint density at radius 2 is 1.79 bits per heavy atom. The van der Waals surface area contributed by atoms with E-state index in [1.807, 2.05) is 34.9 Å². The SMILES string of the molecule is Cl.Cl.NC1CCCN(C(=O)C(c2ccccc2)N2CCSCC2)C1. The van der Waals surface area contributed by atoms with Gasteiger partial charge >= 0.3 is 0 Å². The van der Waals surface area contributed by atoms with Crippen molar-refractivity contribution >= 4 is 42.5 Å². The molecule has 3 rings (SSSR count). The molecule has 0 aromatic heterocycles. The lowest BCUT2D eigenvalue weighted by molar-refractivity contribution is -0.138. The zero-order valence-electron chi connectivity index (χ0n) is 13.8. The molecule has 136 valence electrons. The van der Waals surface area contributed by atoms with E-state index in [9.17, 15) is 4.79 Å². The van der Waals surface area contributed by atoms with Crippen LogP contribution < -0.4 is 5.73 Å². The van der Waals surface area contributed by atoms with Crippen molar-refractivity contribution in [2.24, 2.45) is 5.73 Å². The standard InChI is InChI=1S/C17H25N3OS.2ClH/c18-15-7-4-8-20(13-15)17(21)16(14-5-2-1-3-6-14)19-9-11-22-12-10-19;;/h1-3,5-6,15-16H,4,7-13,18H2;2*1H. The molecule has 24 heavy (non-hydrogen) atoms. The third kappa shape index (κ3) is 5.27. The van der Waals surface area contributed by atoms with E-state index < -0.39 is 0 Å². The van der Waals surface area contributed by atoms with Gasteiger partial charge in [0.2, 0.25) is 5.91 Å². The molecule has 0 bridgehead atoms. The van der Waals surface area contributed by atoms with Gasteiger partial charge in [-0.15, -0.1) is 24.8 Å². The van der Waals surface area contributed by atoms with Gasteiger partial charge < -0.3 is 10.6 Å². The van der Waals surface area contributed by atoms with Crippen LogP contribution in [0.4, 0.5) is 0 Å². The third-order valence-electron chi connectivity index (χ3n) is 4.53. The summed E-state index contributed by atoms with van der Waals surface area (Å²) < 4.78 is 0. The first-order valence-corrected chi connectivity index (χ1v) is 9.32. The molecule has 2 heterocycles. The molecule has 4 nitrogen and oxygen atoms in total. The molecule has 1 amide bonds. The summed E-state index contributed by atoms with van der Waals surface area (Å²) in [6.45, 7) is 3.51. The molecule has 0 spiro atoms. The van der Waals surface area contributed by atoms with Crippen LogP contribution in [0.2, 0.25) is 0 Å². The molecule has 2 saturated heterocycles. The maximum Gasteiger partial charge on any atom is 0.244 e. The van der Waals surface area contributed by atoms with Crippen molar-refractivity contribution in [3.05, 3.63) is 35.9 Å². The maximum atomic E-state index is 13.2. The molecule has 2 aliphatic heterocycles. The van der Waals surface area contributed by atoms with Gasteiger partial charge in [-0.2, -0.15) is 11.8 Å². The fraction of sp³-hybridized carbons (Fsp3) is 0.588. The quantitative estimate of drug-likeness (QED) is 0.859. The first-order chi connectivity index (χ1) is 10.8. The topological polar surface area (TPSA) is 49.6 Å². The Morgan fingerprint density at radius 1 is 1.12 bits per heavy atom. The number of likely N-dealkylation sites (tertiary alicyclic amines) is 1. The molecule has 2 aliphatic rings. The number of amides is 1. The Labute approximate surface area is 161 Å². The summed E-state index contributed by atoms with van der Waals surface area (Å²) in [5, 5.41) is 0. The number of benzene rings is 1. The zero-order valence-corrected chi connectivity index (χ0v) is 16.3. The van der Waals surface area contributed by atoms with Crippen molar-refractivity contribution in [1.29, 1.82) is 0 Å². The number of piperidine rings is 1. The van der Waals surface area contributed by atoms with Crippen LogP contribution in [-0.2, 0) is 4.79 Å². The van der Waals surface area contributed by atoms with Gasteiger partial charge in [-0.05, 0) is 18.4 Å². The van der Waals surface area contributed by atoms with Gasteiger partial charge in [-0.25, -0.2) is 0 Å². The van der Waals surface area contributed by atoms with Crippen LogP contribution in [0.1, 0.15) is 24.4 Å². The first kappa shape index (κ1) is 21.6. The molecule has 2 fully saturated rings. The van der Waals surface area contributed by atoms with Gasteiger partial charge in [-0.3, -0.25) is 9.69 Å². The maximum absolute atomic E-state index is 13.2. The molecule has 2 atom stereocenters. The lowest BCUT2D eigenvalue weighted by Gasteiger charge is -2.39. The molecule has 7 heteroatoms. The highest BCUT2D eigenvalue weighted by Crippen LogP contribution is 2.27. The summed E-state index contributed by atoms with van der Waals surface area (Å²) in [5.41, 5.74) is 7.18. The van der Waals surface area contributed by atoms with E-state index in [-0.39, 0.29) is 42.8 Å². The van der Waals surface area contributed by atoms with Crippen LogP contribution in [0.3, 0.4) is 0 Å². The minimum absolute atomic E-state index is 0. The van der Waals surface area contributed by atoms with E-state index >= 15 is 0 Å². The van der Waals surface area contributed by atoms with Crippen LogP contribution in [0.15, 0.2) is 30.3 Å². The number of rotatable bonds is 3. The zero-order chi connectivity index (χ0) is 15.4. The van der Waals surface area contributed by atoms with Crippen LogP contribution in [0.25, 0.3) is 0 Å². The number of carbonyl (C=O) groups is 1. The van der Waals surface area contributed by atoms with Crippen LogP contribution in [0, 0.1) is 0 Å². The number of nitrogens with zero attached hydrogens (tertiary/aromatic N) is 2. The molecule has 0 radical (unpaired) electrons. The number of thioether (sulfide) groups is 1. The minimum atomic E-state index is -0.146. The van der Waals surface area contributed by atoms with E-state index in [2.05, 4.69) is 17.0 Å². The highest BCUT2D eigenvalue weighted by Gasteiger charge is 2.33. The fourth-order valence-electron chi connectivity index (χ4n) is 3.36. The summed E-state index contributed by atoms with van der Waals surface area (Å²) in [6, 6.07) is 10.2. The molecule has 1 aromatic rings. The van der Waals surface area contributed by atoms with E-state index in [0.717, 1.165) is 49.5 Å². The van der Waals surface area contributed by atoms with Gasteiger partial charge in [0, 0.05) is 43.7 Å². The van der Waals surface area contributed by atoms with E-state index in [0.29, 0.717) is 6.54 Å². The number of nitrogens with two attached hydrogens (primary N) is 1. The van der Waals surface area contributed by atoms with Crippen molar-refractivity contribution in [3.63, 3.8) is 0 Å². The van der Waals surface area contributed by atoms with Crippen molar-refractivity contribution in [3.8, 4) is 0 Å². The lowest BCUT2D eigenvalue weighted by Crippen LogP contribution is -2.51. The molecular formula is C17H27Cl2N3OS. The van der Waals surface area contributed by atoms with E-state index in [1.54, 1.807) is 0 Å². The Kier molecular flexibility index (Phi) is 9.45. The van der Waals surface area contributed by atoms with Gasteiger partial charge in [0.25, 0.3) is 0 Å². The Morgan fingerprint density at radius 3 is 2.42 bits per heavy atom.